The fourth-order valence-electron chi connectivity index (χ4n) is 3.81. The van der Waals surface area contributed by atoms with Crippen LogP contribution < -0.4 is 10.1 Å². The monoisotopic (exact) mass is 356 g/mol. The minimum atomic E-state index is -0.746. The van der Waals surface area contributed by atoms with Crippen molar-refractivity contribution < 1.29 is 14.3 Å². The van der Waals surface area contributed by atoms with Gasteiger partial charge in [0.15, 0.2) is 0 Å². The fraction of sp³-hybridized carbons (Fsp3) is 0.524. The number of carbonyl (C=O) groups is 1. The van der Waals surface area contributed by atoms with Crippen LogP contribution in [0.15, 0.2) is 30.5 Å². The maximum Gasteiger partial charge on any atom is 0.256 e. The van der Waals surface area contributed by atoms with Gasteiger partial charge < -0.3 is 14.8 Å². The van der Waals surface area contributed by atoms with Crippen molar-refractivity contribution in [3.8, 4) is 5.75 Å². The molecule has 2 aromatic rings. The van der Waals surface area contributed by atoms with Gasteiger partial charge >= 0.3 is 0 Å². The molecular weight excluding hydrogens is 328 g/mol. The van der Waals surface area contributed by atoms with E-state index in [1.165, 1.54) is 0 Å². The number of methoxy groups -OCH3 is 1. The average molecular weight is 356 g/mol. The lowest BCUT2D eigenvalue weighted by Gasteiger charge is -2.37. The SMILES string of the molecule is CCCOc1ccc(NC(=O)[C@]2(OC)CCC[C@H](C)C2)c2cccnc12. The van der Waals surface area contributed by atoms with E-state index in [9.17, 15) is 4.79 Å². The van der Waals surface area contributed by atoms with Crippen LogP contribution in [-0.2, 0) is 9.53 Å². The Bertz CT molecular complexity index is 777. The van der Waals surface area contributed by atoms with Gasteiger partial charge in [0.1, 0.15) is 16.9 Å². The second-order valence-electron chi connectivity index (χ2n) is 7.21. The molecule has 3 rings (SSSR count). The van der Waals surface area contributed by atoms with Gasteiger partial charge in [0.25, 0.3) is 5.91 Å². The number of pyridine rings is 1. The first-order chi connectivity index (χ1) is 12.6. The first-order valence-electron chi connectivity index (χ1n) is 9.47. The zero-order valence-electron chi connectivity index (χ0n) is 15.9. The third-order valence-corrected chi connectivity index (χ3v) is 5.20. The minimum absolute atomic E-state index is 0.0704. The van der Waals surface area contributed by atoms with Crippen LogP contribution in [0, 0.1) is 5.92 Å². The van der Waals surface area contributed by atoms with Crippen LogP contribution in [0.4, 0.5) is 5.69 Å². The summed E-state index contributed by atoms with van der Waals surface area (Å²) in [4.78, 5) is 17.5. The summed E-state index contributed by atoms with van der Waals surface area (Å²) in [6.07, 6.45) is 6.34. The number of fused-ring (bicyclic) bond motifs is 1. The predicted octanol–water partition coefficient (Wildman–Crippen LogP) is 4.56. The third-order valence-electron chi connectivity index (χ3n) is 5.20. The highest BCUT2D eigenvalue weighted by molar-refractivity contribution is 6.05. The highest BCUT2D eigenvalue weighted by atomic mass is 16.5. The molecule has 1 aliphatic carbocycles. The molecule has 1 N–H and O–H groups in total. The number of nitrogens with one attached hydrogen (secondary N) is 1. The summed E-state index contributed by atoms with van der Waals surface area (Å²) < 4.78 is 11.5. The standard InChI is InChI=1S/C21H28N2O3/c1-4-13-26-18-10-9-17(16-8-6-12-22-19(16)18)23-20(24)21(25-3)11-5-7-15(2)14-21/h6,8-10,12,15H,4-5,7,11,13-14H2,1-3H3,(H,23,24)/t15-,21-/m0/s1. The first kappa shape index (κ1) is 18.6. The number of ether oxygens (including phenoxy) is 2. The number of amides is 1. The number of anilines is 1. The Hall–Kier alpha value is -2.14. The number of rotatable bonds is 6. The van der Waals surface area contributed by atoms with Crippen molar-refractivity contribution in [2.24, 2.45) is 5.92 Å². The van der Waals surface area contributed by atoms with Gasteiger partial charge in [0.05, 0.1) is 12.3 Å². The quantitative estimate of drug-likeness (QED) is 0.824. The topological polar surface area (TPSA) is 60.5 Å². The van der Waals surface area contributed by atoms with Gasteiger partial charge in [-0.2, -0.15) is 0 Å². The summed E-state index contributed by atoms with van der Waals surface area (Å²) >= 11 is 0. The molecule has 0 unspecified atom stereocenters. The van der Waals surface area contributed by atoms with Crippen LogP contribution in [0.1, 0.15) is 46.0 Å². The van der Waals surface area contributed by atoms with Crippen LogP contribution in [0.25, 0.3) is 10.9 Å². The predicted molar refractivity (Wildman–Crippen MR) is 104 cm³/mol. The van der Waals surface area contributed by atoms with Crippen LogP contribution in [0.2, 0.25) is 0 Å². The van der Waals surface area contributed by atoms with Gasteiger partial charge in [-0.15, -0.1) is 0 Å². The molecule has 1 aliphatic rings. The Morgan fingerprint density at radius 2 is 2.23 bits per heavy atom. The molecular formula is C21H28N2O3. The largest absolute Gasteiger partial charge is 0.491 e. The van der Waals surface area contributed by atoms with Gasteiger partial charge in [-0.05, 0) is 55.9 Å². The zero-order valence-corrected chi connectivity index (χ0v) is 15.9. The zero-order chi connectivity index (χ0) is 18.6. The van der Waals surface area contributed by atoms with Crippen LogP contribution in [-0.4, -0.2) is 30.2 Å². The second kappa shape index (κ2) is 8.04. The fourth-order valence-corrected chi connectivity index (χ4v) is 3.81. The number of benzene rings is 1. The number of carbonyl (C=O) groups excluding carboxylic acids is 1. The molecule has 0 bridgehead atoms. The summed E-state index contributed by atoms with van der Waals surface area (Å²) in [6, 6.07) is 7.60. The summed E-state index contributed by atoms with van der Waals surface area (Å²) in [7, 11) is 1.64. The average Bonchev–Trinajstić information content (AvgIpc) is 2.67. The maximum absolute atomic E-state index is 13.1. The number of hydrogen-bond donors (Lipinski definition) is 1. The van der Waals surface area contributed by atoms with E-state index < -0.39 is 5.60 Å². The molecule has 1 saturated carbocycles. The van der Waals surface area contributed by atoms with Crippen molar-refractivity contribution in [2.45, 2.75) is 51.6 Å². The molecule has 0 radical (unpaired) electrons. The Kier molecular flexibility index (Phi) is 5.77. The number of hydrogen-bond acceptors (Lipinski definition) is 4. The highest BCUT2D eigenvalue weighted by Gasteiger charge is 2.42. The van der Waals surface area contributed by atoms with Gasteiger partial charge in [-0.1, -0.05) is 20.3 Å². The third kappa shape index (κ3) is 3.68. The summed E-state index contributed by atoms with van der Waals surface area (Å²) in [5.41, 5.74) is 0.766. The van der Waals surface area contributed by atoms with E-state index in [0.717, 1.165) is 54.4 Å². The molecule has 1 aromatic carbocycles. The van der Waals surface area contributed by atoms with Gasteiger partial charge in [0.2, 0.25) is 0 Å². The molecule has 1 heterocycles. The van der Waals surface area contributed by atoms with E-state index in [2.05, 4.69) is 24.1 Å². The summed E-state index contributed by atoms with van der Waals surface area (Å²) in [5.74, 6) is 1.16. The Morgan fingerprint density at radius 3 is 2.96 bits per heavy atom. The second-order valence-corrected chi connectivity index (χ2v) is 7.21. The van der Waals surface area contributed by atoms with Crippen molar-refractivity contribution in [1.82, 2.24) is 4.98 Å². The molecule has 1 aromatic heterocycles. The Labute approximate surface area is 155 Å². The van der Waals surface area contributed by atoms with E-state index in [1.54, 1.807) is 13.3 Å². The molecule has 0 saturated heterocycles. The molecule has 26 heavy (non-hydrogen) atoms. The number of aromatic nitrogens is 1. The van der Waals surface area contributed by atoms with Crippen molar-refractivity contribution in [3.63, 3.8) is 0 Å². The Balaban J connectivity index is 1.90. The van der Waals surface area contributed by atoms with E-state index >= 15 is 0 Å². The lowest BCUT2D eigenvalue weighted by atomic mass is 9.78. The van der Waals surface area contributed by atoms with Crippen LogP contribution in [0.5, 0.6) is 5.75 Å². The van der Waals surface area contributed by atoms with E-state index in [4.69, 9.17) is 9.47 Å². The lowest BCUT2D eigenvalue weighted by Crippen LogP contribution is -2.47. The normalized spacial score (nSPS) is 23.0. The Morgan fingerprint density at radius 1 is 1.38 bits per heavy atom. The van der Waals surface area contributed by atoms with E-state index in [-0.39, 0.29) is 5.91 Å². The summed E-state index contributed by atoms with van der Waals surface area (Å²) in [5, 5.41) is 3.97. The molecule has 140 valence electrons. The molecule has 0 aliphatic heterocycles. The highest BCUT2D eigenvalue weighted by Crippen LogP contribution is 2.37. The van der Waals surface area contributed by atoms with Crippen molar-refractivity contribution in [3.05, 3.63) is 30.5 Å². The van der Waals surface area contributed by atoms with Gasteiger partial charge in [-0.25, -0.2) is 0 Å². The molecule has 5 heteroatoms. The van der Waals surface area contributed by atoms with E-state index in [0.29, 0.717) is 12.5 Å². The van der Waals surface area contributed by atoms with E-state index in [1.807, 2.05) is 24.3 Å². The first-order valence-corrected chi connectivity index (χ1v) is 9.47. The molecule has 1 amide bonds. The van der Waals surface area contributed by atoms with Crippen LogP contribution in [0.3, 0.4) is 0 Å². The van der Waals surface area contributed by atoms with Gasteiger partial charge in [-0.3, -0.25) is 9.78 Å². The summed E-state index contributed by atoms with van der Waals surface area (Å²) in [6.45, 7) is 4.89. The lowest BCUT2D eigenvalue weighted by molar-refractivity contribution is -0.143. The number of nitrogens with zero attached hydrogens (tertiary/aromatic N) is 1. The van der Waals surface area contributed by atoms with Gasteiger partial charge in [0, 0.05) is 18.7 Å². The van der Waals surface area contributed by atoms with Crippen LogP contribution >= 0.6 is 0 Å². The van der Waals surface area contributed by atoms with Crippen molar-refractivity contribution >= 4 is 22.5 Å². The minimum Gasteiger partial charge on any atom is -0.491 e. The van der Waals surface area contributed by atoms with Crippen molar-refractivity contribution in [1.29, 1.82) is 0 Å². The molecule has 5 nitrogen and oxygen atoms in total. The maximum atomic E-state index is 13.1. The van der Waals surface area contributed by atoms with Crippen molar-refractivity contribution in [2.75, 3.05) is 19.0 Å². The molecule has 1 fully saturated rings. The molecule has 0 spiro atoms. The smallest absolute Gasteiger partial charge is 0.256 e. The molecule has 2 atom stereocenters.